The molecule has 0 saturated heterocycles. The summed E-state index contributed by atoms with van der Waals surface area (Å²) in [6, 6.07) is 0. The van der Waals surface area contributed by atoms with E-state index in [-0.39, 0.29) is 42.0 Å². The molecule has 6 heteroatoms. The molecule has 0 bridgehead atoms. The van der Waals surface area contributed by atoms with Crippen molar-refractivity contribution in [2.45, 2.75) is 72.3 Å². The number of carbonyl (C=O) groups excluding carboxylic acids is 3. The Morgan fingerprint density at radius 2 is 2.03 bits per heavy atom. The zero-order chi connectivity index (χ0) is 22.1. The van der Waals surface area contributed by atoms with E-state index in [4.69, 9.17) is 14.2 Å². The van der Waals surface area contributed by atoms with E-state index in [1.807, 2.05) is 0 Å². The monoisotopic (exact) mass is 418 g/mol. The van der Waals surface area contributed by atoms with Crippen molar-refractivity contribution < 1.29 is 28.6 Å². The molecule has 5 atom stereocenters. The van der Waals surface area contributed by atoms with E-state index in [2.05, 4.69) is 20.4 Å². The summed E-state index contributed by atoms with van der Waals surface area (Å²) in [6.07, 6.45) is 6.45. The van der Waals surface area contributed by atoms with Gasteiger partial charge in [0.1, 0.15) is 19.3 Å². The number of rotatable bonds is 6. The number of cyclic esters (lactones) is 1. The topological polar surface area (TPSA) is 78.9 Å². The van der Waals surface area contributed by atoms with Crippen LogP contribution < -0.4 is 0 Å². The van der Waals surface area contributed by atoms with Gasteiger partial charge in [-0.1, -0.05) is 26.0 Å². The molecule has 0 aromatic rings. The Labute approximate surface area is 179 Å². The molecule has 0 aromatic heterocycles. The van der Waals surface area contributed by atoms with Crippen LogP contribution >= 0.6 is 0 Å². The minimum Gasteiger partial charge on any atom is -0.465 e. The fraction of sp³-hybridized carbons (Fsp3) is 0.708. The summed E-state index contributed by atoms with van der Waals surface area (Å²) in [6.45, 7) is 12.3. The van der Waals surface area contributed by atoms with E-state index in [0.717, 1.165) is 43.3 Å². The van der Waals surface area contributed by atoms with Gasteiger partial charge >= 0.3 is 17.9 Å². The molecule has 0 aromatic carbocycles. The lowest BCUT2D eigenvalue weighted by molar-refractivity contribution is -0.193. The van der Waals surface area contributed by atoms with Crippen LogP contribution in [0, 0.1) is 22.7 Å². The second-order valence-electron chi connectivity index (χ2n) is 9.52. The molecule has 3 aliphatic rings. The first kappa shape index (κ1) is 22.6. The molecule has 2 aliphatic carbocycles. The Hall–Kier alpha value is -2.11. The van der Waals surface area contributed by atoms with Gasteiger partial charge in [-0.2, -0.15) is 0 Å². The van der Waals surface area contributed by atoms with Crippen molar-refractivity contribution >= 4 is 17.9 Å². The van der Waals surface area contributed by atoms with E-state index in [9.17, 15) is 14.4 Å². The third kappa shape index (κ3) is 4.06. The van der Waals surface area contributed by atoms with E-state index in [1.165, 1.54) is 13.8 Å². The lowest BCUT2D eigenvalue weighted by Crippen LogP contribution is -2.61. The average Bonchev–Trinajstić information content (AvgIpc) is 3.08. The molecule has 1 aliphatic heterocycles. The van der Waals surface area contributed by atoms with E-state index >= 15 is 0 Å². The van der Waals surface area contributed by atoms with Crippen LogP contribution in [0.25, 0.3) is 0 Å². The van der Waals surface area contributed by atoms with Gasteiger partial charge < -0.3 is 14.2 Å². The molecule has 0 unspecified atom stereocenters. The third-order valence-electron chi connectivity index (χ3n) is 7.84. The van der Waals surface area contributed by atoms with Crippen LogP contribution in [-0.4, -0.2) is 37.2 Å². The second-order valence-corrected chi connectivity index (χ2v) is 9.52. The highest BCUT2D eigenvalue weighted by atomic mass is 16.6. The minimum atomic E-state index is -0.576. The van der Waals surface area contributed by atoms with Crippen molar-refractivity contribution in [1.82, 2.24) is 0 Å². The molecule has 6 nitrogen and oxygen atoms in total. The summed E-state index contributed by atoms with van der Waals surface area (Å²) >= 11 is 0. The molecule has 0 spiro atoms. The Bertz CT molecular complexity index is 768. The smallest absolute Gasteiger partial charge is 0.331 e. The summed E-state index contributed by atoms with van der Waals surface area (Å²) in [4.78, 5) is 35.2. The highest BCUT2D eigenvalue weighted by Crippen LogP contribution is 2.63. The predicted molar refractivity (Wildman–Crippen MR) is 111 cm³/mol. The minimum absolute atomic E-state index is 0.0768. The zero-order valence-electron chi connectivity index (χ0n) is 18.6. The lowest BCUT2D eigenvalue weighted by Gasteiger charge is -2.61. The predicted octanol–water partition coefficient (Wildman–Crippen LogP) is 4.13. The number of carbonyl (C=O) groups is 3. The van der Waals surface area contributed by atoms with Crippen molar-refractivity contribution in [3.05, 3.63) is 23.8 Å². The molecule has 2 fully saturated rings. The molecular weight excluding hydrogens is 384 g/mol. The number of esters is 3. The average molecular weight is 419 g/mol. The summed E-state index contributed by atoms with van der Waals surface area (Å²) < 4.78 is 16.5. The Balaban J connectivity index is 1.97. The third-order valence-corrected chi connectivity index (χ3v) is 7.84. The maximum absolute atomic E-state index is 12.0. The zero-order valence-corrected chi connectivity index (χ0v) is 18.6. The standard InChI is InChI=1S/C24H34O6/c1-15-7-6-8-20-23(5,10-9-19-12-22(27)28-13-19)16(2)11-21(30-18(4)26)24(15,20)14-29-17(3)25/h12,16,20-21H,1,6-11,13-14H2,2-5H3/t16-,20-,21+,23+,24+/m1/s1. The number of ether oxygens (including phenoxy) is 3. The van der Waals surface area contributed by atoms with E-state index < -0.39 is 5.41 Å². The van der Waals surface area contributed by atoms with Gasteiger partial charge in [-0.15, -0.1) is 0 Å². The van der Waals surface area contributed by atoms with Crippen molar-refractivity contribution in [1.29, 1.82) is 0 Å². The van der Waals surface area contributed by atoms with Crippen LogP contribution in [-0.2, 0) is 28.6 Å². The highest BCUT2D eigenvalue weighted by Gasteiger charge is 2.62. The number of hydrogen-bond donors (Lipinski definition) is 0. The fourth-order valence-electron chi connectivity index (χ4n) is 6.05. The fourth-order valence-corrected chi connectivity index (χ4v) is 6.05. The summed E-state index contributed by atoms with van der Waals surface area (Å²) in [7, 11) is 0. The number of fused-ring (bicyclic) bond motifs is 1. The van der Waals surface area contributed by atoms with Gasteiger partial charge in [-0.3, -0.25) is 9.59 Å². The normalized spacial score (nSPS) is 35.9. The van der Waals surface area contributed by atoms with E-state index in [0.29, 0.717) is 18.9 Å². The first-order valence-corrected chi connectivity index (χ1v) is 10.9. The van der Waals surface area contributed by atoms with E-state index in [1.54, 1.807) is 6.08 Å². The van der Waals surface area contributed by atoms with Crippen LogP contribution in [0.15, 0.2) is 23.8 Å². The summed E-state index contributed by atoms with van der Waals surface area (Å²) in [5.41, 5.74) is 1.39. The van der Waals surface area contributed by atoms with Gasteiger partial charge in [0.15, 0.2) is 0 Å². The van der Waals surface area contributed by atoms with Crippen molar-refractivity contribution in [3.63, 3.8) is 0 Å². The van der Waals surface area contributed by atoms with Gasteiger partial charge in [0, 0.05) is 19.9 Å². The maximum Gasteiger partial charge on any atom is 0.331 e. The van der Waals surface area contributed by atoms with Gasteiger partial charge in [0.05, 0.1) is 5.41 Å². The Morgan fingerprint density at radius 1 is 1.30 bits per heavy atom. The molecule has 1 heterocycles. The quantitative estimate of drug-likeness (QED) is 0.367. The van der Waals surface area contributed by atoms with Gasteiger partial charge in [-0.05, 0) is 61.3 Å². The van der Waals surface area contributed by atoms with Crippen molar-refractivity contribution in [3.8, 4) is 0 Å². The second kappa shape index (κ2) is 8.56. The molecule has 0 amide bonds. The summed E-state index contributed by atoms with van der Waals surface area (Å²) in [5.74, 6) is -0.465. The molecule has 2 saturated carbocycles. The lowest BCUT2D eigenvalue weighted by atomic mass is 9.44. The van der Waals surface area contributed by atoms with Gasteiger partial charge in [-0.25, -0.2) is 4.79 Å². The molecule has 0 N–H and O–H groups in total. The van der Waals surface area contributed by atoms with Crippen LogP contribution in [0.5, 0.6) is 0 Å². The van der Waals surface area contributed by atoms with Crippen LogP contribution in [0.4, 0.5) is 0 Å². The highest BCUT2D eigenvalue weighted by molar-refractivity contribution is 5.85. The molecule has 3 rings (SSSR count). The molecule has 30 heavy (non-hydrogen) atoms. The SMILES string of the molecule is C=C1CCC[C@@H]2[C@@](C)(CCC3=CC(=O)OC3)[C@H](C)C[C@H](OC(C)=O)[C@@]12COC(C)=O. The first-order chi connectivity index (χ1) is 14.1. The van der Waals surface area contributed by atoms with Crippen LogP contribution in [0.2, 0.25) is 0 Å². The molecule has 166 valence electrons. The van der Waals surface area contributed by atoms with Crippen molar-refractivity contribution in [2.24, 2.45) is 22.7 Å². The first-order valence-electron chi connectivity index (χ1n) is 10.9. The van der Waals surface area contributed by atoms with Crippen LogP contribution in [0.3, 0.4) is 0 Å². The number of hydrogen-bond acceptors (Lipinski definition) is 6. The van der Waals surface area contributed by atoms with Crippen molar-refractivity contribution in [2.75, 3.05) is 13.2 Å². The largest absolute Gasteiger partial charge is 0.465 e. The van der Waals surface area contributed by atoms with Gasteiger partial charge in [0.25, 0.3) is 0 Å². The van der Waals surface area contributed by atoms with Crippen LogP contribution in [0.1, 0.15) is 66.2 Å². The molecular formula is C24H34O6. The maximum atomic E-state index is 12.0. The summed E-state index contributed by atoms with van der Waals surface area (Å²) in [5, 5.41) is 0. The van der Waals surface area contributed by atoms with Gasteiger partial charge in [0.2, 0.25) is 0 Å². The Kier molecular flexibility index (Phi) is 6.44. The molecule has 0 radical (unpaired) electrons. The Morgan fingerprint density at radius 3 is 2.63 bits per heavy atom.